The lowest BCUT2D eigenvalue weighted by molar-refractivity contribution is -0.134. The Labute approximate surface area is 169 Å². The molecule has 0 aliphatic carbocycles. The third-order valence-electron chi connectivity index (χ3n) is 5.05. The van der Waals surface area contributed by atoms with Crippen LogP contribution in [0.1, 0.15) is 39.5 Å². The topological polar surface area (TPSA) is 77.7 Å². The summed E-state index contributed by atoms with van der Waals surface area (Å²) in [5.74, 6) is 1.76. The summed E-state index contributed by atoms with van der Waals surface area (Å²) in [6.45, 7) is 4.87. The summed E-state index contributed by atoms with van der Waals surface area (Å²) >= 11 is 1.30. The third-order valence-corrected chi connectivity index (χ3v) is 5.97. The highest BCUT2D eigenvalue weighted by molar-refractivity contribution is 8.00. The van der Waals surface area contributed by atoms with Crippen molar-refractivity contribution in [3.05, 3.63) is 18.2 Å². The van der Waals surface area contributed by atoms with Crippen molar-refractivity contribution in [3.63, 3.8) is 0 Å². The molecule has 152 valence electrons. The molecular weight excluding hydrogens is 378 g/mol. The molecule has 1 aliphatic rings. The van der Waals surface area contributed by atoms with E-state index >= 15 is 0 Å². The van der Waals surface area contributed by atoms with E-state index in [4.69, 9.17) is 13.9 Å². The number of methoxy groups -OCH3 is 2. The average molecular weight is 406 g/mol. The van der Waals surface area contributed by atoms with E-state index in [0.29, 0.717) is 34.2 Å². The van der Waals surface area contributed by atoms with Crippen LogP contribution in [0, 0.1) is 0 Å². The minimum Gasteiger partial charge on any atom is -0.497 e. The van der Waals surface area contributed by atoms with Gasteiger partial charge in [-0.05, 0) is 44.7 Å². The first-order chi connectivity index (χ1) is 13.6. The first kappa shape index (κ1) is 20.5. The lowest BCUT2D eigenvalue weighted by atomic mass is 10.00. The lowest BCUT2D eigenvalue weighted by Crippen LogP contribution is -2.46. The number of hydrogen-bond donors (Lipinski definition) is 0. The SMILES string of the molecule is CC[C@H]1CCCCN1C(=O)[C@H](C)Sc1nnc(-c2ccc(OC)cc2OC)o1. The van der Waals surface area contributed by atoms with Crippen LogP contribution in [0.15, 0.2) is 27.8 Å². The van der Waals surface area contributed by atoms with Gasteiger partial charge < -0.3 is 18.8 Å². The Morgan fingerprint density at radius 1 is 1.32 bits per heavy atom. The first-order valence-electron chi connectivity index (χ1n) is 9.60. The fourth-order valence-electron chi connectivity index (χ4n) is 3.49. The van der Waals surface area contributed by atoms with E-state index in [-0.39, 0.29) is 11.2 Å². The van der Waals surface area contributed by atoms with E-state index < -0.39 is 0 Å². The van der Waals surface area contributed by atoms with Gasteiger partial charge in [-0.15, -0.1) is 10.2 Å². The standard InChI is InChI=1S/C20H27N3O4S/c1-5-14-8-6-7-11-23(14)19(24)13(2)28-20-22-21-18(27-20)16-10-9-15(25-3)12-17(16)26-4/h9-10,12-14H,5-8,11H2,1-4H3/t13-,14-/m0/s1. The minimum atomic E-state index is -0.279. The third kappa shape index (κ3) is 4.43. The van der Waals surface area contributed by atoms with Gasteiger partial charge in [-0.1, -0.05) is 18.7 Å². The van der Waals surface area contributed by atoms with E-state index in [9.17, 15) is 4.79 Å². The maximum atomic E-state index is 12.9. The van der Waals surface area contributed by atoms with Crippen LogP contribution in [0.5, 0.6) is 11.5 Å². The minimum absolute atomic E-state index is 0.137. The summed E-state index contributed by atoms with van der Waals surface area (Å²) in [6, 6.07) is 5.72. The van der Waals surface area contributed by atoms with Crippen molar-refractivity contribution in [1.82, 2.24) is 15.1 Å². The van der Waals surface area contributed by atoms with Crippen molar-refractivity contribution >= 4 is 17.7 Å². The highest BCUT2D eigenvalue weighted by atomic mass is 32.2. The summed E-state index contributed by atoms with van der Waals surface area (Å²) < 4.78 is 16.4. The molecule has 0 saturated carbocycles. The quantitative estimate of drug-likeness (QED) is 0.644. The van der Waals surface area contributed by atoms with Crippen LogP contribution in [-0.2, 0) is 4.79 Å². The summed E-state index contributed by atoms with van der Waals surface area (Å²) in [6.07, 6.45) is 4.34. The van der Waals surface area contributed by atoms with E-state index in [1.165, 1.54) is 18.2 Å². The van der Waals surface area contributed by atoms with Crippen LogP contribution >= 0.6 is 11.8 Å². The smallest absolute Gasteiger partial charge is 0.277 e. The Kier molecular flexibility index (Phi) is 6.83. The molecule has 28 heavy (non-hydrogen) atoms. The van der Waals surface area contributed by atoms with Crippen molar-refractivity contribution in [2.24, 2.45) is 0 Å². The van der Waals surface area contributed by atoms with Gasteiger partial charge in [0, 0.05) is 18.7 Å². The molecule has 1 aliphatic heterocycles. The number of rotatable bonds is 7. The zero-order valence-electron chi connectivity index (χ0n) is 16.8. The van der Waals surface area contributed by atoms with Gasteiger partial charge in [-0.2, -0.15) is 0 Å². The average Bonchev–Trinajstić information content (AvgIpc) is 3.20. The van der Waals surface area contributed by atoms with Crippen LogP contribution in [0.25, 0.3) is 11.5 Å². The van der Waals surface area contributed by atoms with E-state index in [1.807, 2.05) is 24.0 Å². The maximum Gasteiger partial charge on any atom is 0.277 e. The predicted molar refractivity (Wildman–Crippen MR) is 108 cm³/mol. The van der Waals surface area contributed by atoms with Crippen molar-refractivity contribution in [2.45, 2.75) is 56.0 Å². The fraction of sp³-hybridized carbons (Fsp3) is 0.550. The van der Waals surface area contributed by atoms with Gasteiger partial charge in [-0.3, -0.25) is 4.79 Å². The highest BCUT2D eigenvalue weighted by Gasteiger charge is 2.30. The maximum absolute atomic E-state index is 12.9. The number of piperidine rings is 1. The van der Waals surface area contributed by atoms with Gasteiger partial charge in [0.1, 0.15) is 11.5 Å². The Morgan fingerprint density at radius 2 is 2.14 bits per heavy atom. The molecule has 1 fully saturated rings. The molecule has 0 radical (unpaired) electrons. The Balaban J connectivity index is 1.71. The fourth-order valence-corrected chi connectivity index (χ4v) is 4.25. The molecule has 2 aromatic rings. The zero-order chi connectivity index (χ0) is 20.1. The Hall–Kier alpha value is -2.22. The van der Waals surface area contributed by atoms with Crippen molar-refractivity contribution < 1.29 is 18.7 Å². The molecule has 2 heterocycles. The van der Waals surface area contributed by atoms with Gasteiger partial charge in [0.2, 0.25) is 5.91 Å². The summed E-state index contributed by atoms with van der Waals surface area (Å²) in [5.41, 5.74) is 0.684. The van der Waals surface area contributed by atoms with Crippen LogP contribution in [0.2, 0.25) is 0 Å². The summed E-state index contributed by atoms with van der Waals surface area (Å²) in [7, 11) is 3.17. The molecule has 3 rings (SSSR count). The molecule has 0 spiro atoms. The van der Waals surface area contributed by atoms with Gasteiger partial charge in [0.05, 0.1) is 25.0 Å². The molecule has 0 bridgehead atoms. The molecule has 2 atom stereocenters. The number of amides is 1. The molecule has 8 heteroatoms. The van der Waals surface area contributed by atoms with Crippen molar-refractivity contribution in [3.8, 4) is 23.0 Å². The summed E-state index contributed by atoms with van der Waals surface area (Å²) in [4.78, 5) is 14.9. The number of nitrogens with zero attached hydrogens (tertiary/aromatic N) is 3. The van der Waals surface area contributed by atoms with E-state index in [1.54, 1.807) is 20.3 Å². The predicted octanol–water partition coefficient (Wildman–Crippen LogP) is 4.03. The molecule has 0 N–H and O–H groups in total. The van der Waals surface area contributed by atoms with Crippen LogP contribution in [0.3, 0.4) is 0 Å². The molecule has 0 unspecified atom stereocenters. The zero-order valence-corrected chi connectivity index (χ0v) is 17.6. The molecule has 1 aromatic heterocycles. The number of aromatic nitrogens is 2. The molecule has 7 nitrogen and oxygen atoms in total. The van der Waals surface area contributed by atoms with Gasteiger partial charge in [-0.25, -0.2) is 0 Å². The van der Waals surface area contributed by atoms with E-state index in [0.717, 1.165) is 25.8 Å². The normalized spacial score (nSPS) is 18.0. The summed E-state index contributed by atoms with van der Waals surface area (Å²) in [5, 5.41) is 8.32. The van der Waals surface area contributed by atoms with Crippen molar-refractivity contribution in [2.75, 3.05) is 20.8 Å². The number of carbonyl (C=O) groups is 1. The molecular formula is C20H27N3O4S. The van der Waals surface area contributed by atoms with Crippen molar-refractivity contribution in [1.29, 1.82) is 0 Å². The largest absolute Gasteiger partial charge is 0.497 e. The number of hydrogen-bond acceptors (Lipinski definition) is 7. The van der Waals surface area contributed by atoms with Gasteiger partial charge >= 0.3 is 0 Å². The number of likely N-dealkylation sites (tertiary alicyclic amines) is 1. The second kappa shape index (κ2) is 9.32. The van der Waals surface area contributed by atoms with Crippen LogP contribution in [0.4, 0.5) is 0 Å². The molecule has 1 saturated heterocycles. The van der Waals surface area contributed by atoms with Gasteiger partial charge in [0.25, 0.3) is 11.1 Å². The van der Waals surface area contributed by atoms with Crippen LogP contribution < -0.4 is 9.47 Å². The highest BCUT2D eigenvalue weighted by Crippen LogP contribution is 2.34. The molecule has 1 aromatic carbocycles. The Morgan fingerprint density at radius 3 is 2.86 bits per heavy atom. The number of thioether (sulfide) groups is 1. The van der Waals surface area contributed by atoms with E-state index in [2.05, 4.69) is 17.1 Å². The number of benzene rings is 1. The van der Waals surface area contributed by atoms with Crippen LogP contribution in [-0.4, -0.2) is 53.1 Å². The first-order valence-corrected chi connectivity index (χ1v) is 10.5. The second-order valence-corrected chi connectivity index (χ2v) is 8.08. The van der Waals surface area contributed by atoms with Gasteiger partial charge in [0.15, 0.2) is 0 Å². The number of carbonyl (C=O) groups excluding carboxylic acids is 1. The second-order valence-electron chi connectivity index (χ2n) is 6.79. The molecule has 1 amide bonds. The Bertz CT molecular complexity index is 810. The lowest BCUT2D eigenvalue weighted by Gasteiger charge is -2.36. The monoisotopic (exact) mass is 405 g/mol. The number of ether oxygens (including phenoxy) is 2.